The molecule has 2 heterocycles. The molecule has 1 aliphatic carbocycles. The summed E-state index contributed by atoms with van der Waals surface area (Å²) in [5, 5.41) is 3.00. The van der Waals surface area contributed by atoms with Gasteiger partial charge in [-0.1, -0.05) is 31.2 Å². The van der Waals surface area contributed by atoms with E-state index in [2.05, 4.69) is 41.4 Å². The molecule has 0 bridgehead atoms. The third-order valence-corrected chi connectivity index (χ3v) is 6.95. The molecule has 0 spiro atoms. The van der Waals surface area contributed by atoms with Crippen LogP contribution >= 0.6 is 0 Å². The van der Waals surface area contributed by atoms with Crippen molar-refractivity contribution in [3.8, 4) is 0 Å². The van der Waals surface area contributed by atoms with E-state index in [0.29, 0.717) is 12.8 Å². The number of nitrogens with zero attached hydrogens (tertiary/aromatic N) is 2. The Labute approximate surface area is 184 Å². The van der Waals surface area contributed by atoms with Crippen LogP contribution in [0.25, 0.3) is 0 Å². The van der Waals surface area contributed by atoms with Gasteiger partial charge in [-0.15, -0.1) is 0 Å². The number of anilines is 1. The molecule has 3 amide bonds. The van der Waals surface area contributed by atoms with Crippen LogP contribution in [0.1, 0.15) is 57.6 Å². The average molecular weight is 424 g/mol. The predicted octanol–water partition coefficient (Wildman–Crippen LogP) is 3.44. The van der Waals surface area contributed by atoms with Gasteiger partial charge in [-0.05, 0) is 56.2 Å². The lowest BCUT2D eigenvalue weighted by molar-refractivity contribution is -0.140. The van der Waals surface area contributed by atoms with Crippen molar-refractivity contribution in [3.05, 3.63) is 42.0 Å². The van der Waals surface area contributed by atoms with Crippen molar-refractivity contribution in [2.45, 2.75) is 52.0 Å². The first kappa shape index (κ1) is 21.6. The maximum absolute atomic E-state index is 12.5. The third-order valence-electron chi connectivity index (χ3n) is 6.95. The van der Waals surface area contributed by atoms with Crippen molar-refractivity contribution in [1.82, 2.24) is 10.2 Å². The van der Waals surface area contributed by atoms with E-state index in [4.69, 9.17) is 0 Å². The largest absolute Gasteiger partial charge is 0.371 e. The highest BCUT2D eigenvalue weighted by atomic mass is 16.2. The van der Waals surface area contributed by atoms with Crippen LogP contribution in [-0.2, 0) is 14.4 Å². The SMILES string of the molecule is C[C@@H]1CCCN(c2ccc([C@H](C)NC(=O)CCN3C(=O)[C@H]4CC=CC[C@H]4C3=O)cc2)C1. The number of hydrogen-bond acceptors (Lipinski definition) is 4. The quantitative estimate of drug-likeness (QED) is 0.562. The normalized spacial score (nSPS) is 26.7. The second kappa shape index (κ2) is 9.25. The summed E-state index contributed by atoms with van der Waals surface area (Å²) in [6.45, 7) is 6.61. The van der Waals surface area contributed by atoms with Crippen molar-refractivity contribution < 1.29 is 14.4 Å². The Morgan fingerprint density at radius 2 is 1.74 bits per heavy atom. The number of carbonyl (C=O) groups is 3. The van der Waals surface area contributed by atoms with Gasteiger partial charge in [-0.25, -0.2) is 0 Å². The molecular formula is C25H33N3O3. The van der Waals surface area contributed by atoms with Crippen LogP contribution in [0.5, 0.6) is 0 Å². The molecule has 3 aliphatic rings. The van der Waals surface area contributed by atoms with Crippen LogP contribution in [0, 0.1) is 17.8 Å². The Morgan fingerprint density at radius 1 is 1.10 bits per heavy atom. The Morgan fingerprint density at radius 3 is 2.35 bits per heavy atom. The fourth-order valence-corrected chi connectivity index (χ4v) is 5.10. The topological polar surface area (TPSA) is 69.7 Å². The maximum Gasteiger partial charge on any atom is 0.233 e. The molecule has 31 heavy (non-hydrogen) atoms. The standard InChI is InChI=1S/C25H33N3O3/c1-17-6-5-14-27(16-17)20-11-9-19(10-12-20)18(2)26-23(29)13-15-28-24(30)21-7-3-4-8-22(21)25(28)31/h3-4,9-12,17-18,21-22H,5-8,13-16H2,1-2H3,(H,26,29)/t17-,18+,21-,22+/m1/s1. The fraction of sp³-hybridized carbons (Fsp3) is 0.560. The van der Waals surface area contributed by atoms with Crippen molar-refractivity contribution in [2.24, 2.45) is 17.8 Å². The highest BCUT2D eigenvalue weighted by Crippen LogP contribution is 2.35. The number of allylic oxidation sites excluding steroid dienone is 2. The van der Waals surface area contributed by atoms with Crippen LogP contribution in [0.4, 0.5) is 5.69 Å². The number of piperidine rings is 1. The summed E-state index contributed by atoms with van der Waals surface area (Å²) in [4.78, 5) is 41.3. The Kier molecular flexibility index (Phi) is 6.44. The van der Waals surface area contributed by atoms with Gasteiger partial charge in [0.15, 0.2) is 0 Å². The lowest BCUT2D eigenvalue weighted by atomic mass is 9.85. The van der Waals surface area contributed by atoms with E-state index < -0.39 is 0 Å². The number of amides is 3. The predicted molar refractivity (Wildman–Crippen MR) is 120 cm³/mol. The van der Waals surface area contributed by atoms with Gasteiger partial charge >= 0.3 is 0 Å². The molecule has 4 atom stereocenters. The van der Waals surface area contributed by atoms with Crippen LogP contribution in [-0.4, -0.2) is 42.3 Å². The van der Waals surface area contributed by atoms with E-state index >= 15 is 0 Å². The lowest BCUT2D eigenvalue weighted by Crippen LogP contribution is -2.36. The summed E-state index contributed by atoms with van der Waals surface area (Å²) in [6, 6.07) is 8.29. The van der Waals surface area contributed by atoms with Crippen LogP contribution < -0.4 is 10.2 Å². The number of carbonyl (C=O) groups excluding carboxylic acids is 3. The molecule has 4 rings (SSSR count). The lowest BCUT2D eigenvalue weighted by Gasteiger charge is -2.33. The Bertz CT molecular complexity index is 837. The molecule has 0 saturated carbocycles. The van der Waals surface area contributed by atoms with E-state index in [1.807, 2.05) is 19.1 Å². The molecule has 0 aromatic heterocycles. The number of benzene rings is 1. The molecule has 1 aromatic carbocycles. The minimum Gasteiger partial charge on any atom is -0.371 e. The number of rotatable bonds is 6. The van der Waals surface area contributed by atoms with Crippen LogP contribution in [0.3, 0.4) is 0 Å². The molecule has 166 valence electrons. The van der Waals surface area contributed by atoms with Gasteiger partial charge < -0.3 is 10.2 Å². The molecule has 2 fully saturated rings. The van der Waals surface area contributed by atoms with Gasteiger partial charge in [0.25, 0.3) is 0 Å². The first-order valence-corrected chi connectivity index (χ1v) is 11.6. The van der Waals surface area contributed by atoms with Gasteiger partial charge in [-0.3, -0.25) is 19.3 Å². The minimum absolute atomic E-state index is 0.122. The van der Waals surface area contributed by atoms with Gasteiger partial charge in [0.1, 0.15) is 0 Å². The summed E-state index contributed by atoms with van der Waals surface area (Å²) >= 11 is 0. The summed E-state index contributed by atoms with van der Waals surface area (Å²) in [5.41, 5.74) is 2.28. The number of imide groups is 1. The monoisotopic (exact) mass is 423 g/mol. The van der Waals surface area contributed by atoms with Gasteiger partial charge in [0, 0.05) is 31.7 Å². The minimum atomic E-state index is -0.235. The van der Waals surface area contributed by atoms with Gasteiger partial charge in [0.05, 0.1) is 17.9 Å². The molecule has 6 nitrogen and oxygen atoms in total. The number of likely N-dealkylation sites (tertiary alicyclic amines) is 1. The molecule has 1 N–H and O–H groups in total. The summed E-state index contributed by atoms with van der Waals surface area (Å²) in [5.74, 6) is -0.135. The number of fused-ring (bicyclic) bond motifs is 1. The number of hydrogen-bond donors (Lipinski definition) is 1. The van der Waals surface area contributed by atoms with Crippen LogP contribution in [0.15, 0.2) is 36.4 Å². The molecule has 0 radical (unpaired) electrons. The zero-order chi connectivity index (χ0) is 22.0. The zero-order valence-corrected chi connectivity index (χ0v) is 18.5. The molecule has 0 unspecified atom stereocenters. The zero-order valence-electron chi connectivity index (χ0n) is 18.5. The van der Waals surface area contributed by atoms with Gasteiger partial charge in [0.2, 0.25) is 17.7 Å². The van der Waals surface area contributed by atoms with E-state index in [0.717, 1.165) is 24.6 Å². The van der Waals surface area contributed by atoms with Crippen LogP contribution in [0.2, 0.25) is 0 Å². The third kappa shape index (κ3) is 4.68. The summed E-state index contributed by atoms with van der Waals surface area (Å²) in [7, 11) is 0. The summed E-state index contributed by atoms with van der Waals surface area (Å²) in [6.07, 6.45) is 7.86. The van der Waals surface area contributed by atoms with E-state index in [1.54, 1.807) is 0 Å². The highest BCUT2D eigenvalue weighted by Gasteiger charge is 2.46. The van der Waals surface area contributed by atoms with Crippen molar-refractivity contribution in [1.29, 1.82) is 0 Å². The number of nitrogens with one attached hydrogen (secondary N) is 1. The molecule has 2 saturated heterocycles. The maximum atomic E-state index is 12.5. The smallest absolute Gasteiger partial charge is 0.233 e. The average Bonchev–Trinajstić information content (AvgIpc) is 3.02. The second-order valence-electron chi connectivity index (χ2n) is 9.31. The Hall–Kier alpha value is -2.63. The molecule has 2 aliphatic heterocycles. The fourth-order valence-electron chi connectivity index (χ4n) is 5.10. The van der Waals surface area contributed by atoms with Gasteiger partial charge in [-0.2, -0.15) is 0 Å². The van der Waals surface area contributed by atoms with E-state index in [-0.39, 0.29) is 48.6 Å². The van der Waals surface area contributed by atoms with Crippen molar-refractivity contribution >= 4 is 23.4 Å². The van der Waals surface area contributed by atoms with E-state index in [9.17, 15) is 14.4 Å². The van der Waals surface area contributed by atoms with Crippen molar-refractivity contribution in [3.63, 3.8) is 0 Å². The van der Waals surface area contributed by atoms with E-state index in [1.165, 1.54) is 23.4 Å². The Balaban J connectivity index is 1.28. The summed E-state index contributed by atoms with van der Waals surface area (Å²) < 4.78 is 0. The molecular weight excluding hydrogens is 390 g/mol. The molecule has 6 heteroatoms. The second-order valence-corrected chi connectivity index (χ2v) is 9.31. The first-order chi connectivity index (χ1) is 14.9. The highest BCUT2D eigenvalue weighted by molar-refractivity contribution is 6.05. The molecule has 1 aromatic rings. The van der Waals surface area contributed by atoms with Crippen molar-refractivity contribution in [2.75, 3.05) is 24.5 Å². The first-order valence-electron chi connectivity index (χ1n) is 11.6.